The first-order valence-corrected chi connectivity index (χ1v) is 12.7. The van der Waals surface area contributed by atoms with Gasteiger partial charge in [-0.25, -0.2) is 0 Å². The Morgan fingerprint density at radius 2 is 1.60 bits per heavy atom. The first-order valence-electron chi connectivity index (χ1n) is 12.7. The number of hydrogen-bond donors (Lipinski definition) is 3. The molecule has 2 rings (SSSR count). The predicted molar refractivity (Wildman–Crippen MR) is 141 cm³/mol. The molecule has 0 aromatic heterocycles. The number of rotatable bonds is 8. The molecule has 0 aliphatic heterocycles. The number of ketones is 2. The maximum absolute atomic E-state index is 14.0. The Labute approximate surface area is 211 Å². The molecule has 5 nitrogen and oxygen atoms in total. The Balaban J connectivity index is 2.93. The predicted octanol–water partition coefficient (Wildman–Crippen LogP) is 6.86. The average molecular weight is 485 g/mol. The summed E-state index contributed by atoms with van der Waals surface area (Å²) in [6.07, 6.45) is 5.82. The van der Waals surface area contributed by atoms with Crippen LogP contribution in [-0.2, 0) is 9.59 Å². The standard InChI is InChI=1S/C30H44O5/c1-17(2)10-14-30(15-11-18(3)4)27(33)23(26(32)24(28(30)34)25(31)20(7)8)22-16-21(19(5)6)12-13-29(22,9)35/h10-11,20-22,32-33,35H,5,12-16H2,1-4,6-9H3/t21-,22-,29-/m1/s1. The molecule has 0 heterocycles. The minimum Gasteiger partial charge on any atom is -0.511 e. The molecule has 0 spiro atoms. The van der Waals surface area contributed by atoms with Crippen LogP contribution in [0.3, 0.4) is 0 Å². The second-order valence-corrected chi connectivity index (χ2v) is 11.6. The van der Waals surface area contributed by atoms with E-state index >= 15 is 0 Å². The van der Waals surface area contributed by atoms with Crippen LogP contribution in [0.5, 0.6) is 0 Å². The van der Waals surface area contributed by atoms with E-state index < -0.39 is 40.2 Å². The van der Waals surface area contributed by atoms with Gasteiger partial charge in [-0.1, -0.05) is 49.3 Å². The third-order valence-electron chi connectivity index (χ3n) is 7.67. The Hall–Kier alpha value is -2.40. The number of hydrogen-bond acceptors (Lipinski definition) is 5. The fourth-order valence-corrected chi connectivity index (χ4v) is 5.20. The zero-order valence-electron chi connectivity index (χ0n) is 22.8. The normalized spacial score (nSPS) is 26.6. The summed E-state index contributed by atoms with van der Waals surface area (Å²) >= 11 is 0. The van der Waals surface area contributed by atoms with Gasteiger partial charge in [0, 0.05) is 17.4 Å². The molecule has 3 atom stereocenters. The highest BCUT2D eigenvalue weighted by Crippen LogP contribution is 2.52. The highest BCUT2D eigenvalue weighted by atomic mass is 16.3. The Bertz CT molecular complexity index is 987. The number of allylic oxidation sites excluding steroid dienone is 8. The number of Topliss-reactive ketones (excluding diaryl/α,β-unsaturated/α-hetero) is 2. The quantitative estimate of drug-likeness (QED) is 0.258. The molecule has 0 amide bonds. The molecule has 1 fully saturated rings. The van der Waals surface area contributed by atoms with Gasteiger partial charge < -0.3 is 15.3 Å². The van der Waals surface area contributed by atoms with Crippen LogP contribution in [0.1, 0.15) is 87.5 Å². The number of aliphatic hydroxyl groups excluding tert-OH is 2. The summed E-state index contributed by atoms with van der Waals surface area (Å²) in [5, 5.41) is 34.7. The number of aliphatic hydroxyl groups is 3. The Morgan fingerprint density at radius 1 is 1.09 bits per heavy atom. The van der Waals surface area contributed by atoms with Crippen molar-refractivity contribution in [2.24, 2.45) is 23.2 Å². The molecule has 2 aliphatic rings. The highest BCUT2D eigenvalue weighted by Gasteiger charge is 2.54. The van der Waals surface area contributed by atoms with Crippen molar-refractivity contribution in [2.45, 2.75) is 93.1 Å². The summed E-state index contributed by atoms with van der Waals surface area (Å²) in [5.41, 5.74) is 0.146. The molecule has 1 saturated carbocycles. The van der Waals surface area contributed by atoms with Gasteiger partial charge in [-0.05, 0) is 79.6 Å². The van der Waals surface area contributed by atoms with Crippen molar-refractivity contribution in [3.05, 3.63) is 58.1 Å². The molecule has 194 valence electrons. The van der Waals surface area contributed by atoms with Crippen LogP contribution in [0.2, 0.25) is 0 Å². The van der Waals surface area contributed by atoms with Gasteiger partial charge in [-0.15, -0.1) is 0 Å². The van der Waals surface area contributed by atoms with Crippen molar-refractivity contribution < 1.29 is 24.9 Å². The summed E-state index contributed by atoms with van der Waals surface area (Å²) in [4.78, 5) is 27.3. The maximum Gasteiger partial charge on any atom is 0.184 e. The maximum atomic E-state index is 14.0. The largest absolute Gasteiger partial charge is 0.511 e. The van der Waals surface area contributed by atoms with Crippen molar-refractivity contribution in [3.63, 3.8) is 0 Å². The second-order valence-electron chi connectivity index (χ2n) is 11.6. The van der Waals surface area contributed by atoms with E-state index in [4.69, 9.17) is 0 Å². The molecule has 35 heavy (non-hydrogen) atoms. The van der Waals surface area contributed by atoms with E-state index in [2.05, 4.69) is 6.58 Å². The lowest BCUT2D eigenvalue weighted by Gasteiger charge is -2.45. The second kappa shape index (κ2) is 10.7. The molecule has 5 heteroatoms. The van der Waals surface area contributed by atoms with Crippen LogP contribution in [0.15, 0.2) is 58.1 Å². The molecule has 0 unspecified atom stereocenters. The number of carbonyl (C=O) groups is 2. The van der Waals surface area contributed by atoms with Crippen LogP contribution in [0.4, 0.5) is 0 Å². The molecule has 0 aromatic rings. The summed E-state index contributed by atoms with van der Waals surface area (Å²) in [6.45, 7) is 18.8. The molecule has 3 N–H and O–H groups in total. The van der Waals surface area contributed by atoms with Crippen molar-refractivity contribution in [2.75, 3.05) is 0 Å². The average Bonchev–Trinajstić information content (AvgIpc) is 2.73. The molecule has 0 aromatic carbocycles. The van der Waals surface area contributed by atoms with E-state index in [-0.39, 0.29) is 35.7 Å². The monoisotopic (exact) mass is 484 g/mol. The SMILES string of the molecule is C=C(C)[C@@H]1CC[C@@](C)(O)[C@@H](C2=C(O)C(CC=C(C)C)(CC=C(C)C)C(=O)C(C(=O)C(C)C)=C2O)C1. The van der Waals surface area contributed by atoms with Crippen LogP contribution in [0, 0.1) is 23.2 Å². The summed E-state index contributed by atoms with van der Waals surface area (Å²) < 4.78 is 0. The number of carbonyl (C=O) groups excluding carboxylic acids is 2. The smallest absolute Gasteiger partial charge is 0.184 e. The zero-order chi connectivity index (χ0) is 26.9. The van der Waals surface area contributed by atoms with E-state index in [1.807, 2.05) is 46.8 Å². The van der Waals surface area contributed by atoms with Crippen LogP contribution >= 0.6 is 0 Å². The van der Waals surface area contributed by atoms with Gasteiger partial charge in [-0.3, -0.25) is 9.59 Å². The molecule has 0 bridgehead atoms. The highest BCUT2D eigenvalue weighted by molar-refractivity contribution is 6.24. The third-order valence-corrected chi connectivity index (χ3v) is 7.67. The van der Waals surface area contributed by atoms with Crippen molar-refractivity contribution in [3.8, 4) is 0 Å². The Morgan fingerprint density at radius 3 is 2.03 bits per heavy atom. The lowest BCUT2D eigenvalue weighted by atomic mass is 9.60. The van der Waals surface area contributed by atoms with Crippen LogP contribution < -0.4 is 0 Å². The first-order chi connectivity index (χ1) is 16.1. The van der Waals surface area contributed by atoms with E-state index in [1.165, 1.54) is 0 Å². The summed E-state index contributed by atoms with van der Waals surface area (Å²) in [7, 11) is 0. The van der Waals surface area contributed by atoms with Crippen LogP contribution in [0.25, 0.3) is 0 Å². The topological polar surface area (TPSA) is 94.8 Å². The van der Waals surface area contributed by atoms with E-state index in [0.717, 1.165) is 23.1 Å². The minimum atomic E-state index is -1.43. The van der Waals surface area contributed by atoms with Gasteiger partial charge in [0.05, 0.1) is 11.0 Å². The van der Waals surface area contributed by atoms with E-state index in [1.54, 1.807) is 20.8 Å². The minimum absolute atomic E-state index is 0.0974. The fraction of sp³-hybridized carbons (Fsp3) is 0.600. The summed E-state index contributed by atoms with van der Waals surface area (Å²) in [6, 6.07) is 0. The van der Waals surface area contributed by atoms with Gasteiger partial charge in [0.15, 0.2) is 11.6 Å². The molecular formula is C30H44O5. The zero-order valence-corrected chi connectivity index (χ0v) is 22.8. The molecule has 0 radical (unpaired) electrons. The molecule has 0 saturated heterocycles. The van der Waals surface area contributed by atoms with E-state index in [9.17, 15) is 24.9 Å². The third kappa shape index (κ3) is 5.72. The van der Waals surface area contributed by atoms with Gasteiger partial charge >= 0.3 is 0 Å². The van der Waals surface area contributed by atoms with Gasteiger partial charge in [0.25, 0.3) is 0 Å². The van der Waals surface area contributed by atoms with E-state index in [0.29, 0.717) is 12.8 Å². The lowest BCUT2D eigenvalue weighted by Crippen LogP contribution is -2.47. The van der Waals surface area contributed by atoms with Gasteiger partial charge in [-0.2, -0.15) is 0 Å². The van der Waals surface area contributed by atoms with Crippen LogP contribution in [-0.4, -0.2) is 32.5 Å². The van der Waals surface area contributed by atoms with Gasteiger partial charge in [0.1, 0.15) is 17.1 Å². The van der Waals surface area contributed by atoms with Crippen molar-refractivity contribution in [1.29, 1.82) is 0 Å². The molecular weight excluding hydrogens is 440 g/mol. The lowest BCUT2D eigenvalue weighted by molar-refractivity contribution is -0.129. The Kier molecular flexibility index (Phi) is 8.81. The van der Waals surface area contributed by atoms with Crippen molar-refractivity contribution >= 4 is 11.6 Å². The fourth-order valence-electron chi connectivity index (χ4n) is 5.20. The first kappa shape index (κ1) is 28.8. The summed E-state index contributed by atoms with van der Waals surface area (Å²) in [5.74, 6) is -2.80. The van der Waals surface area contributed by atoms with Gasteiger partial charge in [0.2, 0.25) is 0 Å². The van der Waals surface area contributed by atoms with Crippen molar-refractivity contribution in [1.82, 2.24) is 0 Å². The molecule has 2 aliphatic carbocycles.